The molecule has 2 aromatic rings. The summed E-state index contributed by atoms with van der Waals surface area (Å²) in [6.45, 7) is 3.46. The molecule has 0 fully saturated rings. The molecule has 0 amide bonds. The summed E-state index contributed by atoms with van der Waals surface area (Å²) in [4.78, 5) is 9.97. The third kappa shape index (κ3) is 6.05. The molecule has 158 valence electrons. The van der Waals surface area contributed by atoms with E-state index in [-0.39, 0.29) is 29.7 Å². The van der Waals surface area contributed by atoms with Gasteiger partial charge in [-0.2, -0.15) is 0 Å². The van der Waals surface area contributed by atoms with Gasteiger partial charge in [-0.05, 0) is 31.9 Å². The van der Waals surface area contributed by atoms with Crippen molar-refractivity contribution in [3.63, 3.8) is 0 Å². The van der Waals surface area contributed by atoms with Crippen molar-refractivity contribution in [3.8, 4) is 0 Å². The predicted molar refractivity (Wildman–Crippen MR) is 107 cm³/mol. The molecular weight excluding hydrogens is 398 g/mol. The van der Waals surface area contributed by atoms with E-state index in [0.29, 0.717) is 4.41 Å². The zero-order valence-corrected chi connectivity index (χ0v) is 17.0. The normalized spacial score (nSPS) is 14.1. The third-order valence-corrected chi connectivity index (χ3v) is 5.94. The van der Waals surface area contributed by atoms with E-state index in [9.17, 15) is 23.6 Å². The number of nitro benzene ring substituents is 1. The standard InChI is InChI=1S/C19H25N3O6S/c1-14(2)28-13-19(23)18(11-15-7-4-3-5-8-15)21(20)29(26,27)17-10-6-9-16(12-17)22(24)25/h3-10,12,14,18-19,23H,11,13,20H2,1-2H3/t18-,19-/m0/s1. The number of hydrogen-bond acceptors (Lipinski definition) is 7. The summed E-state index contributed by atoms with van der Waals surface area (Å²) in [5.74, 6) is 5.97. The molecule has 0 aliphatic carbocycles. The maximum Gasteiger partial charge on any atom is 0.270 e. The number of nitrogens with zero attached hydrogens (tertiary/aromatic N) is 2. The van der Waals surface area contributed by atoms with Crippen LogP contribution in [0.5, 0.6) is 0 Å². The molecule has 0 aliphatic rings. The van der Waals surface area contributed by atoms with Crippen molar-refractivity contribution in [2.24, 2.45) is 5.84 Å². The van der Waals surface area contributed by atoms with Gasteiger partial charge in [0, 0.05) is 12.1 Å². The summed E-state index contributed by atoms with van der Waals surface area (Å²) in [7, 11) is -4.31. The summed E-state index contributed by atoms with van der Waals surface area (Å²) in [5.41, 5.74) is 0.397. The fourth-order valence-corrected chi connectivity index (χ4v) is 4.05. The van der Waals surface area contributed by atoms with E-state index in [1.165, 1.54) is 18.2 Å². The SMILES string of the molecule is CC(C)OC[C@H](O)[C@H](Cc1ccccc1)N(N)S(=O)(=O)c1cccc([N+](=O)[O-])c1. The Morgan fingerprint density at radius 3 is 2.41 bits per heavy atom. The van der Waals surface area contributed by atoms with E-state index >= 15 is 0 Å². The highest BCUT2D eigenvalue weighted by molar-refractivity contribution is 7.89. The number of sulfonamides is 1. The average molecular weight is 423 g/mol. The minimum absolute atomic E-state index is 0.118. The number of non-ortho nitro benzene ring substituents is 1. The first kappa shape index (κ1) is 22.9. The van der Waals surface area contributed by atoms with E-state index in [0.717, 1.165) is 11.6 Å². The fraction of sp³-hybridized carbons (Fsp3) is 0.368. The van der Waals surface area contributed by atoms with Crippen LogP contribution in [-0.4, -0.2) is 47.7 Å². The lowest BCUT2D eigenvalue weighted by molar-refractivity contribution is -0.385. The molecule has 2 atom stereocenters. The van der Waals surface area contributed by atoms with E-state index in [1.54, 1.807) is 38.1 Å². The molecule has 0 spiro atoms. The second kappa shape index (κ2) is 9.90. The number of nitrogens with two attached hydrogens (primary N) is 1. The molecule has 9 nitrogen and oxygen atoms in total. The highest BCUT2D eigenvalue weighted by atomic mass is 32.2. The molecule has 0 unspecified atom stereocenters. The molecule has 0 bridgehead atoms. The lowest BCUT2D eigenvalue weighted by Gasteiger charge is -2.31. The highest BCUT2D eigenvalue weighted by Gasteiger charge is 2.34. The highest BCUT2D eigenvalue weighted by Crippen LogP contribution is 2.23. The van der Waals surface area contributed by atoms with Gasteiger partial charge in [-0.25, -0.2) is 8.42 Å². The summed E-state index contributed by atoms with van der Waals surface area (Å²) in [6.07, 6.45) is -1.24. The molecule has 2 aromatic carbocycles. The molecular formula is C19H25N3O6S. The molecule has 10 heteroatoms. The van der Waals surface area contributed by atoms with Crippen molar-refractivity contribution in [2.75, 3.05) is 6.61 Å². The number of hydrazine groups is 1. The van der Waals surface area contributed by atoms with Crippen molar-refractivity contribution in [2.45, 2.75) is 43.4 Å². The second-order valence-electron chi connectivity index (χ2n) is 6.80. The van der Waals surface area contributed by atoms with E-state index in [2.05, 4.69) is 0 Å². The van der Waals surface area contributed by atoms with Gasteiger partial charge >= 0.3 is 0 Å². The largest absolute Gasteiger partial charge is 0.389 e. The van der Waals surface area contributed by atoms with Crippen molar-refractivity contribution in [1.82, 2.24) is 4.41 Å². The Morgan fingerprint density at radius 1 is 1.17 bits per heavy atom. The predicted octanol–water partition coefficient (Wildman–Crippen LogP) is 1.86. The number of aliphatic hydroxyl groups is 1. The van der Waals surface area contributed by atoms with Crippen molar-refractivity contribution in [3.05, 3.63) is 70.3 Å². The fourth-order valence-electron chi connectivity index (χ4n) is 2.71. The quantitative estimate of drug-likeness (QED) is 0.338. The van der Waals surface area contributed by atoms with Crippen LogP contribution >= 0.6 is 0 Å². The van der Waals surface area contributed by atoms with Crippen LogP contribution in [-0.2, 0) is 21.2 Å². The van der Waals surface area contributed by atoms with E-state index in [4.69, 9.17) is 10.6 Å². The topological polar surface area (TPSA) is 136 Å². The molecule has 0 aromatic heterocycles. The van der Waals surface area contributed by atoms with Crippen LogP contribution in [0.3, 0.4) is 0 Å². The monoisotopic (exact) mass is 423 g/mol. The van der Waals surface area contributed by atoms with Crippen LogP contribution in [0.1, 0.15) is 19.4 Å². The Balaban J connectivity index is 2.37. The maximum atomic E-state index is 13.0. The number of hydrogen-bond donors (Lipinski definition) is 2. The first-order chi connectivity index (χ1) is 13.6. The van der Waals surface area contributed by atoms with Gasteiger partial charge < -0.3 is 9.84 Å². The molecule has 0 saturated heterocycles. The number of nitro groups is 1. The van der Waals surface area contributed by atoms with Crippen LogP contribution < -0.4 is 5.84 Å². The van der Waals surface area contributed by atoms with Gasteiger partial charge in [-0.1, -0.05) is 36.4 Å². The van der Waals surface area contributed by atoms with Gasteiger partial charge in [0.1, 0.15) is 0 Å². The number of rotatable bonds is 10. The van der Waals surface area contributed by atoms with Gasteiger partial charge in [-0.15, -0.1) is 4.41 Å². The zero-order valence-electron chi connectivity index (χ0n) is 16.2. The summed E-state index contributed by atoms with van der Waals surface area (Å²) >= 11 is 0. The summed E-state index contributed by atoms with van der Waals surface area (Å²) in [6, 6.07) is 12.5. The molecule has 0 radical (unpaired) electrons. The first-order valence-electron chi connectivity index (χ1n) is 9.00. The molecule has 0 aliphatic heterocycles. The van der Waals surface area contributed by atoms with Gasteiger partial charge in [0.2, 0.25) is 0 Å². The molecule has 0 saturated carbocycles. The number of aliphatic hydroxyl groups excluding tert-OH is 1. The van der Waals surface area contributed by atoms with Crippen molar-refractivity contribution >= 4 is 15.7 Å². The van der Waals surface area contributed by atoms with Crippen molar-refractivity contribution in [1.29, 1.82) is 0 Å². The van der Waals surface area contributed by atoms with Crippen LogP contribution in [0.15, 0.2) is 59.5 Å². The number of ether oxygens (including phenoxy) is 1. The lowest BCUT2D eigenvalue weighted by Crippen LogP contribution is -2.53. The first-order valence-corrected chi connectivity index (χ1v) is 10.4. The molecule has 29 heavy (non-hydrogen) atoms. The minimum atomic E-state index is -4.31. The van der Waals surface area contributed by atoms with Crippen LogP contribution in [0.4, 0.5) is 5.69 Å². The third-order valence-electron chi connectivity index (χ3n) is 4.26. The smallest absolute Gasteiger partial charge is 0.270 e. The van der Waals surface area contributed by atoms with Gasteiger partial charge in [-0.3, -0.25) is 16.0 Å². The Labute approximate surface area is 169 Å². The van der Waals surface area contributed by atoms with Crippen LogP contribution in [0, 0.1) is 10.1 Å². The van der Waals surface area contributed by atoms with E-state index in [1.807, 2.05) is 6.07 Å². The Kier molecular flexibility index (Phi) is 7.82. The van der Waals surface area contributed by atoms with E-state index < -0.39 is 27.1 Å². The lowest BCUT2D eigenvalue weighted by atomic mass is 10.0. The minimum Gasteiger partial charge on any atom is -0.389 e. The summed E-state index contributed by atoms with van der Waals surface area (Å²) in [5, 5.41) is 21.6. The van der Waals surface area contributed by atoms with Crippen LogP contribution in [0.2, 0.25) is 0 Å². The molecule has 0 heterocycles. The van der Waals surface area contributed by atoms with Crippen molar-refractivity contribution < 1.29 is 23.2 Å². The van der Waals surface area contributed by atoms with Gasteiger partial charge in [0.15, 0.2) is 0 Å². The average Bonchev–Trinajstić information content (AvgIpc) is 2.70. The van der Waals surface area contributed by atoms with Gasteiger partial charge in [0.25, 0.3) is 15.7 Å². The molecule has 3 N–H and O–H groups in total. The van der Waals surface area contributed by atoms with Crippen LogP contribution in [0.25, 0.3) is 0 Å². The summed E-state index contributed by atoms with van der Waals surface area (Å²) < 4.78 is 32.0. The Morgan fingerprint density at radius 2 is 1.83 bits per heavy atom. The van der Waals surface area contributed by atoms with Gasteiger partial charge in [0.05, 0.1) is 34.7 Å². The number of benzene rings is 2. The zero-order chi connectivity index (χ0) is 21.6. The Bertz CT molecular complexity index is 921. The molecule has 2 rings (SSSR count). The second-order valence-corrected chi connectivity index (χ2v) is 8.64. The Hall–Kier alpha value is -2.37. The maximum absolute atomic E-state index is 13.0.